The second-order valence-corrected chi connectivity index (χ2v) is 4.78. The highest BCUT2D eigenvalue weighted by atomic mass is 16.3. The van der Waals surface area contributed by atoms with Crippen LogP contribution < -0.4 is 0 Å². The highest BCUT2D eigenvalue weighted by Crippen LogP contribution is 2.21. The summed E-state index contributed by atoms with van der Waals surface area (Å²) in [7, 11) is 0. The molecule has 0 aromatic carbocycles. The maximum atomic E-state index is 11.8. The van der Waals surface area contributed by atoms with Crippen LogP contribution in [0.2, 0.25) is 0 Å². The minimum absolute atomic E-state index is 0.193. The van der Waals surface area contributed by atoms with Crippen molar-refractivity contribution >= 4 is 5.78 Å². The fourth-order valence-electron chi connectivity index (χ4n) is 2.15. The summed E-state index contributed by atoms with van der Waals surface area (Å²) in [4.78, 5) is 11.8. The summed E-state index contributed by atoms with van der Waals surface area (Å²) in [5.74, 6) is 0.305. The number of carbonyl (C=O) groups excluding carboxylic acids is 1. The standard InChI is InChI=1S/C14H28O2/c1-5-8-9-10-13(15)11(4)14(16)12(6-2)7-3/h11-12,14,16H,5-10H2,1-4H3. The lowest BCUT2D eigenvalue weighted by molar-refractivity contribution is -0.127. The van der Waals surface area contributed by atoms with Crippen molar-refractivity contribution in [2.75, 3.05) is 0 Å². The SMILES string of the molecule is CCCCCC(=O)C(C)C(O)C(CC)CC. The van der Waals surface area contributed by atoms with Crippen molar-refractivity contribution in [3.05, 3.63) is 0 Å². The molecule has 2 atom stereocenters. The van der Waals surface area contributed by atoms with E-state index in [0.717, 1.165) is 32.1 Å². The number of hydrogen-bond donors (Lipinski definition) is 1. The normalized spacial score (nSPS) is 15.1. The van der Waals surface area contributed by atoms with Crippen LogP contribution in [0.5, 0.6) is 0 Å². The van der Waals surface area contributed by atoms with Gasteiger partial charge in [0.25, 0.3) is 0 Å². The second-order valence-electron chi connectivity index (χ2n) is 4.78. The van der Waals surface area contributed by atoms with Crippen molar-refractivity contribution in [2.45, 2.75) is 72.3 Å². The molecule has 2 unspecified atom stereocenters. The lowest BCUT2D eigenvalue weighted by Crippen LogP contribution is -2.32. The first-order valence-electron chi connectivity index (χ1n) is 6.79. The number of carbonyl (C=O) groups is 1. The van der Waals surface area contributed by atoms with E-state index in [4.69, 9.17) is 0 Å². The Morgan fingerprint density at radius 3 is 2.12 bits per heavy atom. The van der Waals surface area contributed by atoms with Gasteiger partial charge in [-0.25, -0.2) is 0 Å². The Hall–Kier alpha value is -0.370. The Bertz CT molecular complexity index is 185. The first-order chi connectivity index (χ1) is 7.58. The third-order valence-corrected chi connectivity index (χ3v) is 3.58. The zero-order chi connectivity index (χ0) is 12.6. The monoisotopic (exact) mass is 228 g/mol. The molecule has 0 spiro atoms. The second kappa shape index (κ2) is 8.74. The summed E-state index contributed by atoms with van der Waals surface area (Å²) in [5, 5.41) is 10.1. The molecule has 0 saturated carbocycles. The predicted molar refractivity (Wildman–Crippen MR) is 68.4 cm³/mol. The predicted octanol–water partition coefficient (Wildman–Crippen LogP) is 3.57. The van der Waals surface area contributed by atoms with Crippen LogP contribution in [0.4, 0.5) is 0 Å². The van der Waals surface area contributed by atoms with Crippen LogP contribution in [0, 0.1) is 11.8 Å². The molecule has 16 heavy (non-hydrogen) atoms. The molecule has 0 bridgehead atoms. The number of Topliss-reactive ketones (excluding diaryl/α,β-unsaturated/α-hetero) is 1. The van der Waals surface area contributed by atoms with Gasteiger partial charge >= 0.3 is 0 Å². The molecule has 0 aromatic rings. The van der Waals surface area contributed by atoms with E-state index in [9.17, 15) is 9.90 Å². The van der Waals surface area contributed by atoms with Gasteiger partial charge in [0.05, 0.1) is 6.10 Å². The van der Waals surface area contributed by atoms with Crippen LogP contribution in [-0.4, -0.2) is 17.0 Å². The van der Waals surface area contributed by atoms with Gasteiger partial charge in [0, 0.05) is 12.3 Å². The molecule has 0 heterocycles. The Balaban J connectivity index is 4.09. The largest absolute Gasteiger partial charge is 0.392 e. The molecule has 0 radical (unpaired) electrons. The number of aliphatic hydroxyl groups is 1. The van der Waals surface area contributed by atoms with Gasteiger partial charge in [0.15, 0.2) is 0 Å². The van der Waals surface area contributed by atoms with E-state index < -0.39 is 6.10 Å². The number of aliphatic hydroxyl groups excluding tert-OH is 1. The van der Waals surface area contributed by atoms with Gasteiger partial charge in [-0.1, -0.05) is 53.4 Å². The van der Waals surface area contributed by atoms with E-state index in [1.165, 1.54) is 0 Å². The van der Waals surface area contributed by atoms with Crippen LogP contribution in [0.1, 0.15) is 66.2 Å². The Kier molecular flexibility index (Phi) is 8.54. The van der Waals surface area contributed by atoms with Gasteiger partial charge in [-0.2, -0.15) is 0 Å². The summed E-state index contributed by atoms with van der Waals surface area (Å²) < 4.78 is 0. The van der Waals surface area contributed by atoms with Crippen LogP contribution >= 0.6 is 0 Å². The van der Waals surface area contributed by atoms with Crippen molar-refractivity contribution in [1.82, 2.24) is 0 Å². The molecule has 96 valence electrons. The smallest absolute Gasteiger partial charge is 0.138 e. The summed E-state index contributed by atoms with van der Waals surface area (Å²) in [5.41, 5.74) is 0. The third-order valence-electron chi connectivity index (χ3n) is 3.58. The lowest BCUT2D eigenvalue weighted by atomic mass is 9.85. The molecule has 2 heteroatoms. The molecule has 1 N–H and O–H groups in total. The first-order valence-corrected chi connectivity index (χ1v) is 6.79. The van der Waals surface area contributed by atoms with Gasteiger partial charge in [-0.3, -0.25) is 4.79 Å². The van der Waals surface area contributed by atoms with Crippen molar-refractivity contribution in [1.29, 1.82) is 0 Å². The van der Waals surface area contributed by atoms with Crippen molar-refractivity contribution in [2.24, 2.45) is 11.8 Å². The summed E-state index contributed by atoms with van der Waals surface area (Å²) in [6, 6.07) is 0. The van der Waals surface area contributed by atoms with Crippen LogP contribution in [-0.2, 0) is 4.79 Å². The van der Waals surface area contributed by atoms with Crippen molar-refractivity contribution in [3.63, 3.8) is 0 Å². The van der Waals surface area contributed by atoms with E-state index >= 15 is 0 Å². The molecular weight excluding hydrogens is 200 g/mol. The lowest BCUT2D eigenvalue weighted by Gasteiger charge is -2.25. The first kappa shape index (κ1) is 15.6. The molecule has 0 aliphatic heterocycles. The molecule has 0 saturated heterocycles. The summed E-state index contributed by atoms with van der Waals surface area (Å²) in [6.45, 7) is 8.15. The quantitative estimate of drug-likeness (QED) is 0.613. The molecular formula is C14H28O2. The molecule has 0 aliphatic rings. The van der Waals surface area contributed by atoms with Gasteiger partial charge in [0.1, 0.15) is 5.78 Å². The maximum absolute atomic E-state index is 11.8. The zero-order valence-corrected chi connectivity index (χ0v) is 11.3. The van der Waals surface area contributed by atoms with Gasteiger partial charge in [-0.15, -0.1) is 0 Å². The summed E-state index contributed by atoms with van der Waals surface area (Å²) >= 11 is 0. The minimum Gasteiger partial charge on any atom is -0.392 e. The topological polar surface area (TPSA) is 37.3 Å². The Labute approximate surface area is 100 Å². The van der Waals surface area contributed by atoms with Crippen LogP contribution in [0.25, 0.3) is 0 Å². The Morgan fingerprint density at radius 2 is 1.69 bits per heavy atom. The minimum atomic E-state index is -0.455. The molecule has 0 fully saturated rings. The molecule has 0 aliphatic carbocycles. The zero-order valence-electron chi connectivity index (χ0n) is 11.3. The van der Waals surface area contributed by atoms with E-state index in [1.807, 2.05) is 6.92 Å². The molecule has 0 amide bonds. The maximum Gasteiger partial charge on any atom is 0.138 e. The fourth-order valence-corrected chi connectivity index (χ4v) is 2.15. The molecule has 0 aromatic heterocycles. The van der Waals surface area contributed by atoms with E-state index in [2.05, 4.69) is 20.8 Å². The molecule has 0 rings (SSSR count). The average Bonchev–Trinajstić information content (AvgIpc) is 2.29. The number of hydrogen-bond acceptors (Lipinski definition) is 2. The van der Waals surface area contributed by atoms with Gasteiger partial charge < -0.3 is 5.11 Å². The summed E-state index contributed by atoms with van der Waals surface area (Å²) in [6.07, 6.45) is 5.29. The van der Waals surface area contributed by atoms with E-state index in [-0.39, 0.29) is 17.6 Å². The van der Waals surface area contributed by atoms with Crippen LogP contribution in [0.3, 0.4) is 0 Å². The van der Waals surface area contributed by atoms with Crippen molar-refractivity contribution in [3.8, 4) is 0 Å². The van der Waals surface area contributed by atoms with E-state index in [1.54, 1.807) is 0 Å². The highest BCUT2D eigenvalue weighted by Gasteiger charge is 2.26. The number of ketones is 1. The Morgan fingerprint density at radius 1 is 1.12 bits per heavy atom. The average molecular weight is 228 g/mol. The van der Waals surface area contributed by atoms with Crippen LogP contribution in [0.15, 0.2) is 0 Å². The number of rotatable bonds is 9. The third kappa shape index (κ3) is 5.11. The van der Waals surface area contributed by atoms with Gasteiger partial charge in [-0.05, 0) is 12.3 Å². The highest BCUT2D eigenvalue weighted by molar-refractivity contribution is 5.81. The van der Waals surface area contributed by atoms with Crippen molar-refractivity contribution < 1.29 is 9.90 Å². The fraction of sp³-hybridized carbons (Fsp3) is 0.929. The number of unbranched alkanes of at least 4 members (excludes halogenated alkanes) is 2. The van der Waals surface area contributed by atoms with Gasteiger partial charge in [0.2, 0.25) is 0 Å². The molecule has 2 nitrogen and oxygen atoms in total. The van der Waals surface area contributed by atoms with E-state index in [0.29, 0.717) is 6.42 Å².